The molecule has 0 saturated carbocycles. The number of thioether (sulfide) groups is 1. The van der Waals surface area contributed by atoms with Crippen molar-refractivity contribution in [2.75, 3.05) is 23.8 Å². The van der Waals surface area contributed by atoms with E-state index in [0.29, 0.717) is 11.4 Å². The topological polar surface area (TPSA) is 84.9 Å². The number of para-hydroxylation sites is 1. The summed E-state index contributed by atoms with van der Waals surface area (Å²) in [6.07, 6.45) is -0.668. The molecule has 142 valence electrons. The Morgan fingerprint density at radius 3 is 2.65 bits per heavy atom. The van der Waals surface area contributed by atoms with Gasteiger partial charge in [0.05, 0.1) is 12.3 Å². The number of carbonyl (C=O) groups is 3. The van der Waals surface area contributed by atoms with Gasteiger partial charge in [-0.05, 0) is 39.8 Å². The highest BCUT2D eigenvalue weighted by atomic mass is 32.2. The molecule has 1 atom stereocenters. The molecule has 1 aliphatic rings. The molecule has 1 aliphatic heterocycles. The average molecular weight is 380 g/mol. The number of nitrogens with one attached hydrogen (secondary N) is 1. The van der Waals surface area contributed by atoms with Crippen LogP contribution in [0.25, 0.3) is 0 Å². The fourth-order valence-corrected chi connectivity index (χ4v) is 3.48. The molecule has 2 amide bonds. The zero-order chi connectivity index (χ0) is 19.3. The van der Waals surface area contributed by atoms with Crippen molar-refractivity contribution in [2.45, 2.75) is 44.2 Å². The van der Waals surface area contributed by atoms with Crippen molar-refractivity contribution >= 4 is 35.4 Å². The third-order valence-corrected chi connectivity index (χ3v) is 4.57. The summed E-state index contributed by atoms with van der Waals surface area (Å²) in [7, 11) is 0. The Morgan fingerprint density at radius 2 is 2.00 bits per heavy atom. The molecular weight excluding hydrogens is 356 g/mol. The summed E-state index contributed by atoms with van der Waals surface area (Å²) < 4.78 is 10.2. The third kappa shape index (κ3) is 5.39. The van der Waals surface area contributed by atoms with E-state index in [0.717, 1.165) is 4.90 Å². The van der Waals surface area contributed by atoms with Crippen molar-refractivity contribution in [3.8, 4) is 0 Å². The molecule has 1 aromatic carbocycles. The number of nitrogens with zero attached hydrogens (tertiary/aromatic N) is 1. The van der Waals surface area contributed by atoms with E-state index in [-0.39, 0.29) is 19.1 Å². The zero-order valence-electron chi connectivity index (χ0n) is 15.4. The van der Waals surface area contributed by atoms with Crippen molar-refractivity contribution < 1.29 is 23.9 Å². The second kappa shape index (κ2) is 8.44. The van der Waals surface area contributed by atoms with Crippen LogP contribution in [0.2, 0.25) is 0 Å². The van der Waals surface area contributed by atoms with Gasteiger partial charge in [-0.25, -0.2) is 4.79 Å². The molecule has 0 aromatic heterocycles. The lowest BCUT2D eigenvalue weighted by molar-refractivity contribution is -0.142. The number of alkyl carbamates (subject to hydrolysis) is 1. The molecule has 0 fully saturated rings. The Kier molecular flexibility index (Phi) is 6.52. The van der Waals surface area contributed by atoms with Gasteiger partial charge in [-0.2, -0.15) is 0 Å². The van der Waals surface area contributed by atoms with Crippen LogP contribution in [-0.4, -0.2) is 48.5 Å². The number of rotatable bonds is 4. The Balaban J connectivity index is 2.23. The Bertz CT molecular complexity index is 686. The smallest absolute Gasteiger partial charge is 0.408 e. The molecule has 26 heavy (non-hydrogen) atoms. The molecule has 0 bridgehead atoms. The molecule has 1 N–H and O–H groups in total. The minimum atomic E-state index is -0.809. The lowest BCUT2D eigenvalue weighted by Crippen LogP contribution is -2.51. The van der Waals surface area contributed by atoms with E-state index in [9.17, 15) is 14.4 Å². The first-order chi connectivity index (χ1) is 12.2. The van der Waals surface area contributed by atoms with Gasteiger partial charge < -0.3 is 14.8 Å². The van der Waals surface area contributed by atoms with Crippen LogP contribution in [0.15, 0.2) is 29.2 Å². The van der Waals surface area contributed by atoms with E-state index in [4.69, 9.17) is 9.47 Å². The van der Waals surface area contributed by atoms with Crippen LogP contribution in [0.3, 0.4) is 0 Å². The summed E-state index contributed by atoms with van der Waals surface area (Å²) in [5, 5.41) is 2.61. The molecule has 8 heteroatoms. The van der Waals surface area contributed by atoms with E-state index in [1.807, 2.05) is 12.1 Å². The van der Waals surface area contributed by atoms with Crippen molar-refractivity contribution in [3.05, 3.63) is 24.3 Å². The van der Waals surface area contributed by atoms with Crippen LogP contribution < -0.4 is 10.2 Å². The first-order valence-corrected chi connectivity index (χ1v) is 9.38. The number of hydrogen-bond donors (Lipinski definition) is 1. The summed E-state index contributed by atoms with van der Waals surface area (Å²) in [6.45, 7) is 6.98. The number of hydrogen-bond acceptors (Lipinski definition) is 6. The fourth-order valence-electron chi connectivity index (χ4n) is 2.41. The number of carbonyl (C=O) groups excluding carboxylic acids is 3. The Morgan fingerprint density at radius 1 is 1.31 bits per heavy atom. The number of fused-ring (bicyclic) bond motifs is 1. The van der Waals surface area contributed by atoms with Gasteiger partial charge in [0.15, 0.2) is 0 Å². The van der Waals surface area contributed by atoms with Crippen LogP contribution in [-0.2, 0) is 19.1 Å². The number of esters is 1. The van der Waals surface area contributed by atoms with Crippen LogP contribution in [0.4, 0.5) is 10.5 Å². The molecular formula is C18H24N2O5S. The molecule has 1 aromatic rings. The quantitative estimate of drug-likeness (QED) is 0.808. The average Bonchev–Trinajstić information content (AvgIpc) is 2.66. The van der Waals surface area contributed by atoms with Gasteiger partial charge in [-0.3, -0.25) is 14.5 Å². The van der Waals surface area contributed by atoms with Crippen molar-refractivity contribution in [1.82, 2.24) is 5.32 Å². The van der Waals surface area contributed by atoms with E-state index in [2.05, 4.69) is 5.32 Å². The largest absolute Gasteiger partial charge is 0.465 e. The summed E-state index contributed by atoms with van der Waals surface area (Å²) in [5.74, 6) is -0.533. The molecule has 0 saturated heterocycles. The van der Waals surface area contributed by atoms with E-state index in [1.54, 1.807) is 39.8 Å². The van der Waals surface area contributed by atoms with Gasteiger partial charge in [0.25, 0.3) is 5.91 Å². The standard InChI is InChI=1S/C18H24N2O5S/c1-5-24-15(21)10-20-13-8-6-7-9-14(13)26-11-12(16(20)22)19-17(23)25-18(2,3)4/h6-9,12H,5,10-11H2,1-4H3,(H,19,23). The Labute approximate surface area is 157 Å². The Hall–Kier alpha value is -2.22. The summed E-state index contributed by atoms with van der Waals surface area (Å²) >= 11 is 1.44. The van der Waals surface area contributed by atoms with Crippen molar-refractivity contribution in [2.24, 2.45) is 0 Å². The summed E-state index contributed by atoms with van der Waals surface area (Å²) in [6, 6.07) is 6.50. The minimum Gasteiger partial charge on any atom is -0.465 e. The molecule has 0 aliphatic carbocycles. The van der Waals surface area contributed by atoms with Crippen molar-refractivity contribution in [3.63, 3.8) is 0 Å². The van der Waals surface area contributed by atoms with E-state index >= 15 is 0 Å². The number of anilines is 1. The van der Waals surface area contributed by atoms with Crippen LogP contribution in [0.5, 0.6) is 0 Å². The van der Waals surface area contributed by atoms with Crippen LogP contribution in [0.1, 0.15) is 27.7 Å². The summed E-state index contributed by atoms with van der Waals surface area (Å²) in [5.41, 5.74) is -0.0393. The SMILES string of the molecule is CCOC(=O)CN1C(=O)C(NC(=O)OC(C)(C)C)CSc2ccccc21. The maximum absolute atomic E-state index is 13.0. The van der Waals surface area contributed by atoms with Gasteiger partial charge >= 0.3 is 12.1 Å². The van der Waals surface area contributed by atoms with Gasteiger partial charge in [0, 0.05) is 10.6 Å². The lowest BCUT2D eigenvalue weighted by Gasteiger charge is -2.26. The second-order valence-corrected chi connectivity index (χ2v) is 7.77. The first kappa shape index (κ1) is 20.1. The van der Waals surface area contributed by atoms with Crippen LogP contribution in [0, 0.1) is 0 Å². The normalized spacial score (nSPS) is 17.2. The minimum absolute atomic E-state index is 0.212. The molecule has 2 rings (SSSR count). The predicted octanol–water partition coefficient (Wildman–Crippen LogP) is 2.58. The maximum Gasteiger partial charge on any atom is 0.408 e. The van der Waals surface area contributed by atoms with Gasteiger partial charge in [0.2, 0.25) is 0 Å². The fraction of sp³-hybridized carbons (Fsp3) is 0.500. The van der Waals surface area contributed by atoms with Gasteiger partial charge in [-0.15, -0.1) is 11.8 Å². The summed E-state index contributed by atoms with van der Waals surface area (Å²) in [4.78, 5) is 39.2. The highest BCUT2D eigenvalue weighted by Gasteiger charge is 2.34. The number of benzene rings is 1. The monoisotopic (exact) mass is 380 g/mol. The second-order valence-electron chi connectivity index (χ2n) is 6.71. The van der Waals surface area contributed by atoms with Gasteiger partial charge in [0.1, 0.15) is 18.2 Å². The van der Waals surface area contributed by atoms with E-state index in [1.165, 1.54) is 16.7 Å². The van der Waals surface area contributed by atoms with E-state index < -0.39 is 23.7 Å². The van der Waals surface area contributed by atoms with Crippen molar-refractivity contribution in [1.29, 1.82) is 0 Å². The number of ether oxygens (including phenoxy) is 2. The maximum atomic E-state index is 13.0. The third-order valence-electron chi connectivity index (χ3n) is 3.41. The highest BCUT2D eigenvalue weighted by molar-refractivity contribution is 7.99. The molecule has 0 spiro atoms. The lowest BCUT2D eigenvalue weighted by atomic mass is 10.2. The molecule has 7 nitrogen and oxygen atoms in total. The predicted molar refractivity (Wildman–Crippen MR) is 99.3 cm³/mol. The first-order valence-electron chi connectivity index (χ1n) is 8.39. The zero-order valence-corrected chi connectivity index (χ0v) is 16.2. The molecule has 1 heterocycles. The molecule has 0 radical (unpaired) electrons. The van der Waals surface area contributed by atoms with Crippen LogP contribution >= 0.6 is 11.8 Å². The number of amides is 2. The molecule has 1 unspecified atom stereocenters. The highest BCUT2D eigenvalue weighted by Crippen LogP contribution is 2.34. The van der Waals surface area contributed by atoms with Gasteiger partial charge in [-0.1, -0.05) is 12.1 Å².